The Morgan fingerprint density at radius 3 is 2.47 bits per heavy atom. The first kappa shape index (κ1) is 11.4. The normalized spacial score (nSPS) is 41.9. The van der Waals surface area contributed by atoms with E-state index < -0.39 is 0 Å². The Kier molecular flexibility index (Phi) is 3.03. The van der Waals surface area contributed by atoms with E-state index in [0.717, 1.165) is 0 Å². The van der Waals surface area contributed by atoms with Crippen LogP contribution in [0.3, 0.4) is 0 Å². The van der Waals surface area contributed by atoms with E-state index in [2.05, 4.69) is 16.5 Å². The van der Waals surface area contributed by atoms with Crippen molar-refractivity contribution in [3.8, 4) is 0 Å². The maximum atomic E-state index is 4.73. The molecule has 2 atom stereocenters. The van der Waals surface area contributed by atoms with Gasteiger partial charge >= 0.3 is 0 Å². The highest BCUT2D eigenvalue weighted by Crippen LogP contribution is 2.37. The molecule has 1 N–H and O–H groups in total. The van der Waals surface area contributed by atoms with Crippen LogP contribution in [0.2, 0.25) is 0 Å². The van der Waals surface area contributed by atoms with Gasteiger partial charge in [-0.15, -0.1) is 0 Å². The molecule has 0 aliphatic carbocycles. The van der Waals surface area contributed by atoms with Gasteiger partial charge in [0.15, 0.2) is 0 Å². The molecule has 3 nitrogen and oxygen atoms in total. The molecular weight excluding hydrogens is 210 g/mol. The highest BCUT2D eigenvalue weighted by Gasteiger charge is 2.43. The van der Waals surface area contributed by atoms with Crippen LogP contribution in [0.5, 0.6) is 0 Å². The molecule has 2 fully saturated rings. The summed E-state index contributed by atoms with van der Waals surface area (Å²) < 4.78 is 0. The molecule has 2 unspecified atom stereocenters. The van der Waals surface area contributed by atoms with E-state index >= 15 is 0 Å². The van der Waals surface area contributed by atoms with Gasteiger partial charge in [0.05, 0.1) is 5.54 Å². The summed E-state index contributed by atoms with van der Waals surface area (Å²) in [6, 6.07) is 0. The van der Waals surface area contributed by atoms with Gasteiger partial charge in [-0.05, 0) is 38.5 Å². The molecule has 17 heavy (non-hydrogen) atoms. The van der Waals surface area contributed by atoms with Gasteiger partial charge in [0.25, 0.3) is 0 Å². The predicted molar refractivity (Wildman–Crippen MR) is 71.8 cm³/mol. The lowest BCUT2D eigenvalue weighted by molar-refractivity contribution is 0.156. The summed E-state index contributed by atoms with van der Waals surface area (Å²) in [6.45, 7) is 0. The largest absolute Gasteiger partial charge is 0.283 e. The maximum absolute atomic E-state index is 4.73. The number of aliphatic imine (C=N–C) groups is 2. The van der Waals surface area contributed by atoms with Crippen LogP contribution in [0.4, 0.5) is 0 Å². The first-order valence-electron chi connectivity index (χ1n) is 7.20. The fourth-order valence-electron chi connectivity index (χ4n) is 3.69. The molecule has 0 saturated carbocycles. The van der Waals surface area contributed by atoms with Crippen molar-refractivity contribution in [2.24, 2.45) is 9.98 Å². The third-order valence-corrected chi connectivity index (χ3v) is 4.60. The summed E-state index contributed by atoms with van der Waals surface area (Å²) in [7, 11) is 0. The van der Waals surface area contributed by atoms with Gasteiger partial charge in [-0.25, -0.2) is 4.99 Å². The molecule has 3 rings (SSSR count). The van der Waals surface area contributed by atoms with E-state index in [1.54, 1.807) is 6.34 Å². The Bertz CT molecular complexity index is 306. The highest BCUT2D eigenvalue weighted by atomic mass is 15.2. The Labute approximate surface area is 104 Å². The molecule has 0 aromatic rings. The molecule has 0 aromatic carbocycles. The quantitative estimate of drug-likeness (QED) is 0.686. The molecule has 3 heterocycles. The molecule has 94 valence electrons. The fraction of sp³-hybridized carbons (Fsp3) is 0.857. The highest BCUT2D eigenvalue weighted by molar-refractivity contribution is 5.80. The number of piperidine rings is 1. The summed E-state index contributed by atoms with van der Waals surface area (Å²) in [5, 5.41) is 3.86. The summed E-state index contributed by atoms with van der Waals surface area (Å²) in [5.41, 5.74) is 0.151. The van der Waals surface area contributed by atoms with Gasteiger partial charge in [-0.1, -0.05) is 25.7 Å². The molecule has 0 spiro atoms. The van der Waals surface area contributed by atoms with Crippen LogP contribution in [-0.2, 0) is 0 Å². The monoisotopic (exact) mass is 233 g/mol. The SMILES string of the molecule is C1=NC=NC23CCCCCCCC1(CCC2)N3. The van der Waals surface area contributed by atoms with E-state index in [1.165, 1.54) is 64.2 Å². The summed E-state index contributed by atoms with van der Waals surface area (Å²) in [4.78, 5) is 9.14. The molecule has 0 radical (unpaired) electrons. The second kappa shape index (κ2) is 4.52. The van der Waals surface area contributed by atoms with Crippen molar-refractivity contribution >= 4 is 12.6 Å². The van der Waals surface area contributed by atoms with Crippen molar-refractivity contribution in [3.63, 3.8) is 0 Å². The summed E-state index contributed by atoms with van der Waals surface area (Å²) in [6.07, 6.45) is 16.8. The van der Waals surface area contributed by atoms with Gasteiger partial charge in [0.1, 0.15) is 12.0 Å². The molecule has 3 heteroatoms. The Hall–Kier alpha value is -0.700. The summed E-state index contributed by atoms with van der Waals surface area (Å²) in [5.74, 6) is 0. The zero-order valence-electron chi connectivity index (χ0n) is 10.6. The average molecular weight is 233 g/mol. The zero-order valence-corrected chi connectivity index (χ0v) is 10.6. The predicted octanol–water partition coefficient (Wildman–Crippen LogP) is 3.05. The number of rotatable bonds is 0. The lowest BCUT2D eigenvalue weighted by Gasteiger charge is -2.45. The van der Waals surface area contributed by atoms with Crippen LogP contribution in [0.15, 0.2) is 9.98 Å². The van der Waals surface area contributed by atoms with E-state index in [9.17, 15) is 0 Å². The fourth-order valence-corrected chi connectivity index (χ4v) is 3.69. The minimum absolute atomic E-state index is 0.00604. The molecule has 0 aromatic heterocycles. The molecular formula is C14H23N3. The van der Waals surface area contributed by atoms with Crippen LogP contribution < -0.4 is 5.32 Å². The van der Waals surface area contributed by atoms with Gasteiger partial charge in [0, 0.05) is 6.21 Å². The Balaban J connectivity index is 1.89. The molecule has 3 aliphatic rings. The number of hydrogen-bond donors (Lipinski definition) is 1. The smallest absolute Gasteiger partial charge is 0.113 e. The van der Waals surface area contributed by atoms with Gasteiger partial charge < -0.3 is 0 Å². The Morgan fingerprint density at radius 1 is 0.824 bits per heavy atom. The van der Waals surface area contributed by atoms with Gasteiger partial charge in [-0.3, -0.25) is 10.3 Å². The number of hydrogen-bond acceptors (Lipinski definition) is 3. The molecule has 2 saturated heterocycles. The second-order valence-corrected chi connectivity index (χ2v) is 5.96. The third kappa shape index (κ3) is 2.30. The summed E-state index contributed by atoms with van der Waals surface area (Å²) >= 11 is 0. The number of nitrogens with one attached hydrogen (secondary N) is 1. The third-order valence-electron chi connectivity index (χ3n) is 4.60. The van der Waals surface area contributed by atoms with Crippen molar-refractivity contribution in [1.29, 1.82) is 0 Å². The minimum Gasteiger partial charge on any atom is -0.283 e. The van der Waals surface area contributed by atoms with E-state index in [-0.39, 0.29) is 11.2 Å². The van der Waals surface area contributed by atoms with Crippen LogP contribution >= 0.6 is 0 Å². The van der Waals surface area contributed by atoms with E-state index in [1.807, 2.05) is 0 Å². The van der Waals surface area contributed by atoms with Crippen molar-refractivity contribution in [1.82, 2.24) is 5.32 Å². The lowest BCUT2D eigenvalue weighted by atomic mass is 9.78. The van der Waals surface area contributed by atoms with Gasteiger partial charge in [0.2, 0.25) is 0 Å². The Morgan fingerprint density at radius 2 is 1.53 bits per heavy atom. The number of nitrogens with zero attached hydrogens (tertiary/aromatic N) is 2. The van der Waals surface area contributed by atoms with E-state index in [0.29, 0.717) is 0 Å². The molecule has 2 bridgehead atoms. The van der Waals surface area contributed by atoms with Crippen LogP contribution in [0.25, 0.3) is 0 Å². The molecule has 3 aliphatic heterocycles. The van der Waals surface area contributed by atoms with E-state index in [4.69, 9.17) is 4.99 Å². The van der Waals surface area contributed by atoms with Crippen LogP contribution in [-0.4, -0.2) is 23.8 Å². The van der Waals surface area contributed by atoms with Crippen LogP contribution in [0.1, 0.15) is 64.2 Å². The first-order valence-corrected chi connectivity index (χ1v) is 7.20. The molecule has 0 amide bonds. The van der Waals surface area contributed by atoms with Crippen molar-refractivity contribution in [3.05, 3.63) is 0 Å². The lowest BCUT2D eigenvalue weighted by Crippen LogP contribution is -2.60. The van der Waals surface area contributed by atoms with Crippen molar-refractivity contribution in [2.45, 2.75) is 75.4 Å². The van der Waals surface area contributed by atoms with Crippen LogP contribution in [0, 0.1) is 0 Å². The minimum atomic E-state index is 0.00604. The standard InChI is InChI=1S/C14H23N3/c1-2-4-7-13-8-6-10-14(17-13,9-5-3-1)16-12-15-11-13/h11-12,17H,1-10H2. The zero-order chi connectivity index (χ0) is 11.6. The van der Waals surface area contributed by atoms with Crippen molar-refractivity contribution < 1.29 is 0 Å². The topological polar surface area (TPSA) is 36.8 Å². The average Bonchev–Trinajstić information content (AvgIpc) is 2.44. The van der Waals surface area contributed by atoms with Crippen molar-refractivity contribution in [2.75, 3.05) is 0 Å². The van der Waals surface area contributed by atoms with Gasteiger partial charge in [-0.2, -0.15) is 0 Å². The first-order chi connectivity index (χ1) is 8.33. The second-order valence-electron chi connectivity index (χ2n) is 5.96. The maximum Gasteiger partial charge on any atom is 0.113 e.